The van der Waals surface area contributed by atoms with Gasteiger partial charge in [-0.05, 0) is 26.3 Å². The molecular formula is C14H23ClN2OS. The van der Waals surface area contributed by atoms with Crippen LogP contribution in [0.25, 0.3) is 0 Å². The average molecular weight is 303 g/mol. The summed E-state index contributed by atoms with van der Waals surface area (Å²) in [5, 5.41) is 3.28. The fourth-order valence-electron chi connectivity index (χ4n) is 2.52. The third-order valence-corrected chi connectivity index (χ3v) is 4.86. The molecule has 2 rings (SSSR count). The fraction of sp³-hybridized carbons (Fsp3) is 0.786. The van der Waals surface area contributed by atoms with Crippen LogP contribution in [0.3, 0.4) is 0 Å². The number of hydrogen-bond donors (Lipinski definition) is 0. The standard InChI is InChI=1S/C14H23ClN2OS/c1-3-13-9-18-11(2)8-17(13)6-4-5-14-16-12(7-15)10-19-14/h10-11,13H,3-9H2,1-2H3. The number of aryl methyl sites for hydroxylation is 1. The Labute approximate surface area is 124 Å². The van der Waals surface area contributed by atoms with Gasteiger partial charge >= 0.3 is 0 Å². The quantitative estimate of drug-likeness (QED) is 0.754. The van der Waals surface area contributed by atoms with Gasteiger partial charge in [-0.2, -0.15) is 0 Å². The summed E-state index contributed by atoms with van der Waals surface area (Å²) in [4.78, 5) is 7.08. The van der Waals surface area contributed by atoms with Gasteiger partial charge in [-0.25, -0.2) is 4.98 Å². The molecule has 2 atom stereocenters. The lowest BCUT2D eigenvalue weighted by atomic mass is 10.1. The Hall–Kier alpha value is -0.160. The molecule has 3 nitrogen and oxygen atoms in total. The SMILES string of the molecule is CCC1COC(C)CN1CCCc1nc(CCl)cs1. The summed E-state index contributed by atoms with van der Waals surface area (Å²) in [5.41, 5.74) is 1.01. The molecule has 0 spiro atoms. The van der Waals surface area contributed by atoms with E-state index in [0.29, 0.717) is 18.0 Å². The van der Waals surface area contributed by atoms with Crippen molar-refractivity contribution in [2.75, 3.05) is 19.7 Å². The monoisotopic (exact) mass is 302 g/mol. The molecule has 2 unspecified atom stereocenters. The minimum Gasteiger partial charge on any atom is -0.376 e. The number of hydrogen-bond acceptors (Lipinski definition) is 4. The number of alkyl halides is 1. The van der Waals surface area contributed by atoms with E-state index in [-0.39, 0.29) is 0 Å². The van der Waals surface area contributed by atoms with Crippen molar-refractivity contribution in [3.05, 3.63) is 16.1 Å². The predicted octanol–water partition coefficient (Wildman–Crippen LogP) is 3.31. The van der Waals surface area contributed by atoms with E-state index in [1.807, 2.05) is 0 Å². The maximum absolute atomic E-state index is 5.77. The summed E-state index contributed by atoms with van der Waals surface area (Å²) in [6, 6.07) is 0.589. The highest BCUT2D eigenvalue weighted by Crippen LogP contribution is 2.17. The largest absolute Gasteiger partial charge is 0.376 e. The fourth-order valence-corrected chi connectivity index (χ4v) is 3.59. The highest BCUT2D eigenvalue weighted by Gasteiger charge is 2.24. The van der Waals surface area contributed by atoms with Crippen LogP contribution in [0.2, 0.25) is 0 Å². The van der Waals surface area contributed by atoms with Crippen LogP contribution in [0, 0.1) is 0 Å². The Morgan fingerprint density at radius 1 is 1.58 bits per heavy atom. The van der Waals surface area contributed by atoms with E-state index in [9.17, 15) is 0 Å². The van der Waals surface area contributed by atoms with Crippen LogP contribution in [0.1, 0.15) is 37.4 Å². The van der Waals surface area contributed by atoms with Crippen LogP contribution >= 0.6 is 22.9 Å². The second-order valence-electron chi connectivity index (χ2n) is 5.17. The number of aromatic nitrogens is 1. The molecule has 0 amide bonds. The lowest BCUT2D eigenvalue weighted by Crippen LogP contribution is -2.48. The van der Waals surface area contributed by atoms with Crippen LogP contribution in [-0.4, -0.2) is 41.7 Å². The van der Waals surface area contributed by atoms with E-state index >= 15 is 0 Å². The molecule has 2 heterocycles. The number of morpholine rings is 1. The highest BCUT2D eigenvalue weighted by atomic mass is 35.5. The Bertz CT molecular complexity index is 385. The van der Waals surface area contributed by atoms with Crippen molar-refractivity contribution >= 4 is 22.9 Å². The Balaban J connectivity index is 1.77. The van der Waals surface area contributed by atoms with E-state index < -0.39 is 0 Å². The van der Waals surface area contributed by atoms with E-state index in [4.69, 9.17) is 16.3 Å². The molecule has 0 aromatic carbocycles. The lowest BCUT2D eigenvalue weighted by Gasteiger charge is -2.38. The summed E-state index contributed by atoms with van der Waals surface area (Å²) in [7, 11) is 0. The summed E-state index contributed by atoms with van der Waals surface area (Å²) >= 11 is 7.50. The molecular weight excluding hydrogens is 280 g/mol. The first-order valence-corrected chi connectivity index (χ1v) is 8.49. The molecule has 0 bridgehead atoms. The zero-order valence-electron chi connectivity index (χ0n) is 11.8. The van der Waals surface area contributed by atoms with E-state index in [1.54, 1.807) is 11.3 Å². The number of ether oxygens (including phenoxy) is 1. The predicted molar refractivity (Wildman–Crippen MR) is 81.1 cm³/mol. The van der Waals surface area contributed by atoms with Crippen molar-refractivity contribution in [2.24, 2.45) is 0 Å². The van der Waals surface area contributed by atoms with Gasteiger partial charge in [0.2, 0.25) is 0 Å². The van der Waals surface area contributed by atoms with Crippen LogP contribution in [0.5, 0.6) is 0 Å². The molecule has 108 valence electrons. The molecule has 1 aliphatic heterocycles. The first kappa shape index (κ1) is 15.2. The molecule has 1 aromatic rings. The topological polar surface area (TPSA) is 25.4 Å². The second kappa shape index (κ2) is 7.58. The van der Waals surface area contributed by atoms with Crippen LogP contribution < -0.4 is 0 Å². The maximum atomic E-state index is 5.77. The van der Waals surface area contributed by atoms with Crippen LogP contribution in [0.15, 0.2) is 5.38 Å². The van der Waals surface area contributed by atoms with Gasteiger partial charge in [0, 0.05) is 24.4 Å². The van der Waals surface area contributed by atoms with Gasteiger partial charge in [0.25, 0.3) is 0 Å². The molecule has 0 N–H and O–H groups in total. The second-order valence-corrected chi connectivity index (χ2v) is 6.38. The van der Waals surface area contributed by atoms with Crippen molar-refractivity contribution in [3.63, 3.8) is 0 Å². The van der Waals surface area contributed by atoms with Crippen LogP contribution in [0.4, 0.5) is 0 Å². The molecule has 1 aliphatic rings. The van der Waals surface area contributed by atoms with E-state index in [1.165, 1.54) is 17.8 Å². The van der Waals surface area contributed by atoms with Gasteiger partial charge in [-0.15, -0.1) is 22.9 Å². The molecule has 1 aromatic heterocycles. The van der Waals surface area contributed by atoms with Crippen molar-refractivity contribution in [1.82, 2.24) is 9.88 Å². The molecule has 5 heteroatoms. The van der Waals surface area contributed by atoms with Gasteiger partial charge in [0.15, 0.2) is 0 Å². The van der Waals surface area contributed by atoms with Crippen molar-refractivity contribution < 1.29 is 4.74 Å². The first-order valence-electron chi connectivity index (χ1n) is 7.07. The first-order chi connectivity index (χ1) is 9.22. The molecule has 0 aliphatic carbocycles. The Morgan fingerprint density at radius 3 is 3.11 bits per heavy atom. The number of thiazole rings is 1. The molecule has 19 heavy (non-hydrogen) atoms. The van der Waals surface area contributed by atoms with Gasteiger partial charge in [0.05, 0.1) is 29.3 Å². The lowest BCUT2D eigenvalue weighted by molar-refractivity contribution is -0.0559. The third-order valence-electron chi connectivity index (χ3n) is 3.62. The molecule has 0 saturated carbocycles. The normalized spacial score (nSPS) is 24.8. The van der Waals surface area contributed by atoms with Gasteiger partial charge in [0.1, 0.15) is 0 Å². The summed E-state index contributed by atoms with van der Waals surface area (Å²) in [6.45, 7) is 7.48. The van der Waals surface area contributed by atoms with Crippen LogP contribution in [-0.2, 0) is 17.0 Å². The van der Waals surface area contributed by atoms with Gasteiger partial charge < -0.3 is 4.74 Å². The summed E-state index contributed by atoms with van der Waals surface area (Å²) in [6.07, 6.45) is 3.76. The van der Waals surface area contributed by atoms with E-state index in [2.05, 4.69) is 29.1 Å². The Morgan fingerprint density at radius 2 is 2.42 bits per heavy atom. The number of nitrogens with zero attached hydrogens (tertiary/aromatic N) is 2. The Kier molecular flexibility index (Phi) is 6.07. The maximum Gasteiger partial charge on any atom is 0.0929 e. The minimum atomic E-state index is 0.366. The number of halogens is 1. The minimum absolute atomic E-state index is 0.366. The van der Waals surface area contributed by atoms with Gasteiger partial charge in [-0.1, -0.05) is 6.92 Å². The molecule has 1 fully saturated rings. The molecule has 1 saturated heterocycles. The average Bonchev–Trinajstić information content (AvgIpc) is 2.87. The highest BCUT2D eigenvalue weighted by molar-refractivity contribution is 7.09. The van der Waals surface area contributed by atoms with Crippen molar-refractivity contribution in [1.29, 1.82) is 0 Å². The van der Waals surface area contributed by atoms with Gasteiger partial charge in [-0.3, -0.25) is 4.90 Å². The van der Waals surface area contributed by atoms with Crippen molar-refractivity contribution in [2.45, 2.75) is 51.1 Å². The summed E-state index contributed by atoms with van der Waals surface area (Å²) in [5.74, 6) is 0.523. The third kappa shape index (κ3) is 4.42. The number of rotatable bonds is 6. The van der Waals surface area contributed by atoms with Crippen molar-refractivity contribution in [3.8, 4) is 0 Å². The molecule has 0 radical (unpaired) electrons. The zero-order chi connectivity index (χ0) is 13.7. The summed E-state index contributed by atoms with van der Waals surface area (Å²) < 4.78 is 5.73. The zero-order valence-corrected chi connectivity index (χ0v) is 13.3. The van der Waals surface area contributed by atoms with E-state index in [0.717, 1.165) is 31.8 Å². The smallest absolute Gasteiger partial charge is 0.0929 e.